The normalized spacial score (nSPS) is 18.3. The predicted octanol–water partition coefficient (Wildman–Crippen LogP) is 3.95. The minimum atomic E-state index is -3.56. The number of carbonyl (C=O) groups is 1. The van der Waals surface area contributed by atoms with Crippen molar-refractivity contribution in [2.75, 3.05) is 11.9 Å². The first kappa shape index (κ1) is 19.5. The average Bonchev–Trinajstić information content (AvgIpc) is 2.64. The summed E-state index contributed by atoms with van der Waals surface area (Å²) in [5, 5.41) is 2.72. The summed E-state index contributed by atoms with van der Waals surface area (Å²) in [4.78, 5) is 12.6. The molecule has 1 saturated heterocycles. The van der Waals surface area contributed by atoms with Crippen LogP contribution in [0.5, 0.6) is 0 Å². The molecule has 0 radical (unpaired) electrons. The van der Waals surface area contributed by atoms with E-state index in [4.69, 9.17) is 0 Å². The first-order chi connectivity index (χ1) is 12.8. The molecule has 144 valence electrons. The third-order valence-electron chi connectivity index (χ3n) is 4.90. The lowest BCUT2D eigenvalue weighted by molar-refractivity contribution is 0.102. The number of amides is 1. The molecule has 0 aliphatic carbocycles. The lowest BCUT2D eigenvalue weighted by Gasteiger charge is -2.32. The zero-order chi connectivity index (χ0) is 19.6. The monoisotopic (exact) mass is 390 g/mol. The highest BCUT2D eigenvalue weighted by molar-refractivity contribution is 7.89. The first-order valence-electron chi connectivity index (χ1n) is 8.98. The van der Waals surface area contributed by atoms with Crippen LogP contribution in [0.4, 0.5) is 10.1 Å². The second-order valence-electron chi connectivity index (χ2n) is 6.90. The summed E-state index contributed by atoms with van der Waals surface area (Å²) >= 11 is 0. The van der Waals surface area contributed by atoms with Crippen molar-refractivity contribution in [3.63, 3.8) is 0 Å². The van der Waals surface area contributed by atoms with E-state index >= 15 is 0 Å². The molecule has 1 aliphatic heterocycles. The van der Waals surface area contributed by atoms with E-state index in [9.17, 15) is 17.6 Å². The molecule has 3 rings (SSSR count). The molecule has 0 bridgehead atoms. The quantitative estimate of drug-likeness (QED) is 0.860. The highest BCUT2D eigenvalue weighted by Crippen LogP contribution is 2.25. The van der Waals surface area contributed by atoms with Crippen molar-refractivity contribution < 1.29 is 17.6 Å². The van der Waals surface area contributed by atoms with Gasteiger partial charge in [0.25, 0.3) is 5.91 Å². The molecule has 0 spiro atoms. The van der Waals surface area contributed by atoms with Crippen molar-refractivity contribution in [3.8, 4) is 0 Å². The molecule has 5 nitrogen and oxygen atoms in total. The zero-order valence-electron chi connectivity index (χ0n) is 15.4. The molecule has 1 heterocycles. The van der Waals surface area contributed by atoms with Crippen LogP contribution in [0.2, 0.25) is 0 Å². The molecule has 1 fully saturated rings. The minimum absolute atomic E-state index is 0.0202. The summed E-state index contributed by atoms with van der Waals surface area (Å²) in [6, 6.07) is 10.0. The Hall–Kier alpha value is -2.25. The largest absolute Gasteiger partial charge is 0.322 e. The predicted molar refractivity (Wildman–Crippen MR) is 103 cm³/mol. The Balaban J connectivity index is 1.77. The minimum Gasteiger partial charge on any atom is -0.322 e. The van der Waals surface area contributed by atoms with Crippen LogP contribution in [0.25, 0.3) is 0 Å². The standard InChI is InChI=1S/C20H23FN2O3S/c1-14-13-17(21)8-11-19(14)22-20(24)16-6-9-18(10-7-16)27(25,26)23-12-4-3-5-15(23)2/h6-11,13,15H,3-5,12H2,1-2H3,(H,22,24)/t15-/m1/s1. The molecule has 0 aromatic heterocycles. The van der Waals surface area contributed by atoms with E-state index in [-0.39, 0.29) is 22.7 Å². The van der Waals surface area contributed by atoms with Gasteiger partial charge < -0.3 is 5.32 Å². The Labute approximate surface area is 159 Å². The van der Waals surface area contributed by atoms with Gasteiger partial charge in [-0.25, -0.2) is 12.8 Å². The molecule has 1 N–H and O–H groups in total. The average molecular weight is 390 g/mol. The maximum absolute atomic E-state index is 13.2. The van der Waals surface area contributed by atoms with E-state index < -0.39 is 10.0 Å². The summed E-state index contributed by atoms with van der Waals surface area (Å²) in [6.45, 7) is 4.15. The fraction of sp³-hybridized carbons (Fsp3) is 0.350. The number of piperidine rings is 1. The van der Waals surface area contributed by atoms with Gasteiger partial charge in [0.1, 0.15) is 5.82 Å². The van der Waals surface area contributed by atoms with Crippen LogP contribution in [-0.4, -0.2) is 31.2 Å². The highest BCUT2D eigenvalue weighted by atomic mass is 32.2. The SMILES string of the molecule is Cc1cc(F)ccc1NC(=O)c1ccc(S(=O)(=O)N2CCCC[C@H]2C)cc1. The Morgan fingerprint density at radius 3 is 2.48 bits per heavy atom. The van der Waals surface area contributed by atoms with Gasteiger partial charge in [-0.05, 0) is 74.7 Å². The highest BCUT2D eigenvalue weighted by Gasteiger charge is 2.30. The lowest BCUT2D eigenvalue weighted by Crippen LogP contribution is -2.41. The number of halogens is 1. The molecule has 1 atom stereocenters. The lowest BCUT2D eigenvalue weighted by atomic mass is 10.1. The van der Waals surface area contributed by atoms with Crippen LogP contribution in [0.1, 0.15) is 42.1 Å². The molecule has 0 saturated carbocycles. The van der Waals surface area contributed by atoms with Crippen molar-refractivity contribution in [2.24, 2.45) is 0 Å². The molecule has 2 aromatic carbocycles. The van der Waals surface area contributed by atoms with Gasteiger partial charge in [0.2, 0.25) is 10.0 Å². The van der Waals surface area contributed by atoms with Crippen LogP contribution in [0.3, 0.4) is 0 Å². The van der Waals surface area contributed by atoms with Gasteiger partial charge in [0, 0.05) is 23.8 Å². The number of hydrogen-bond acceptors (Lipinski definition) is 3. The number of aryl methyl sites for hydroxylation is 1. The molecule has 27 heavy (non-hydrogen) atoms. The second-order valence-corrected chi connectivity index (χ2v) is 8.79. The Morgan fingerprint density at radius 1 is 1.15 bits per heavy atom. The van der Waals surface area contributed by atoms with Crippen molar-refractivity contribution in [1.82, 2.24) is 4.31 Å². The van der Waals surface area contributed by atoms with E-state index in [1.165, 1.54) is 46.8 Å². The number of anilines is 1. The number of nitrogens with one attached hydrogen (secondary N) is 1. The Kier molecular flexibility index (Phi) is 5.62. The molecule has 1 amide bonds. The van der Waals surface area contributed by atoms with Gasteiger partial charge in [-0.2, -0.15) is 4.31 Å². The molecule has 1 aliphatic rings. The molecule has 0 unspecified atom stereocenters. The summed E-state index contributed by atoms with van der Waals surface area (Å²) in [5.41, 5.74) is 1.46. The van der Waals surface area contributed by atoms with Crippen molar-refractivity contribution in [2.45, 2.75) is 44.0 Å². The number of benzene rings is 2. The number of rotatable bonds is 4. The van der Waals surface area contributed by atoms with Gasteiger partial charge in [-0.15, -0.1) is 0 Å². The Bertz CT molecular complexity index is 942. The number of nitrogens with zero attached hydrogens (tertiary/aromatic N) is 1. The maximum Gasteiger partial charge on any atom is 0.255 e. The van der Waals surface area contributed by atoms with Crippen LogP contribution < -0.4 is 5.32 Å². The number of sulfonamides is 1. The van der Waals surface area contributed by atoms with E-state index in [1.54, 1.807) is 6.92 Å². The van der Waals surface area contributed by atoms with Gasteiger partial charge in [0.05, 0.1) is 4.90 Å². The topological polar surface area (TPSA) is 66.5 Å². The van der Waals surface area contributed by atoms with Crippen LogP contribution in [0.15, 0.2) is 47.4 Å². The summed E-state index contributed by atoms with van der Waals surface area (Å²) in [5.74, 6) is -0.744. The van der Waals surface area contributed by atoms with Gasteiger partial charge in [0.15, 0.2) is 0 Å². The van der Waals surface area contributed by atoms with Crippen LogP contribution >= 0.6 is 0 Å². The maximum atomic E-state index is 13.2. The van der Waals surface area contributed by atoms with Gasteiger partial charge >= 0.3 is 0 Å². The van der Waals surface area contributed by atoms with Crippen molar-refractivity contribution in [3.05, 3.63) is 59.4 Å². The molecular formula is C20H23FN2O3S. The second kappa shape index (κ2) is 7.78. The zero-order valence-corrected chi connectivity index (χ0v) is 16.2. The summed E-state index contributed by atoms with van der Waals surface area (Å²) in [6.07, 6.45) is 2.76. The summed E-state index contributed by atoms with van der Waals surface area (Å²) < 4.78 is 40.4. The third-order valence-corrected chi connectivity index (χ3v) is 6.93. The Morgan fingerprint density at radius 2 is 1.85 bits per heavy atom. The summed E-state index contributed by atoms with van der Waals surface area (Å²) in [7, 11) is -3.56. The fourth-order valence-corrected chi connectivity index (χ4v) is 5.00. The van der Waals surface area contributed by atoms with Crippen LogP contribution in [0, 0.1) is 12.7 Å². The molecule has 7 heteroatoms. The van der Waals surface area contributed by atoms with E-state index in [2.05, 4.69) is 5.32 Å². The smallest absolute Gasteiger partial charge is 0.255 e. The first-order valence-corrected chi connectivity index (χ1v) is 10.4. The van der Waals surface area contributed by atoms with E-state index in [1.807, 2.05) is 6.92 Å². The fourth-order valence-electron chi connectivity index (χ4n) is 3.30. The van der Waals surface area contributed by atoms with Gasteiger partial charge in [-0.3, -0.25) is 4.79 Å². The number of carbonyl (C=O) groups excluding carboxylic acids is 1. The molecule has 2 aromatic rings. The van der Waals surface area contributed by atoms with E-state index in [0.29, 0.717) is 23.4 Å². The van der Waals surface area contributed by atoms with E-state index in [0.717, 1.165) is 19.3 Å². The molecular weight excluding hydrogens is 367 g/mol. The van der Waals surface area contributed by atoms with Gasteiger partial charge in [-0.1, -0.05) is 6.42 Å². The van der Waals surface area contributed by atoms with Crippen molar-refractivity contribution in [1.29, 1.82) is 0 Å². The van der Waals surface area contributed by atoms with Crippen LogP contribution in [-0.2, 0) is 10.0 Å². The van der Waals surface area contributed by atoms with Crippen molar-refractivity contribution >= 4 is 21.6 Å². The third kappa shape index (κ3) is 4.20. The number of hydrogen-bond donors (Lipinski definition) is 1.